The Balaban J connectivity index is 3.30. The van der Waals surface area contributed by atoms with Gasteiger partial charge in [0.05, 0.1) is 0 Å². The first kappa shape index (κ1) is 21.1. The predicted octanol–water partition coefficient (Wildman–Crippen LogP) is 5.74. The van der Waals surface area contributed by atoms with Gasteiger partial charge in [-0.2, -0.15) is 0 Å². The van der Waals surface area contributed by atoms with Gasteiger partial charge < -0.3 is 9.74 Å². The second-order valence-electron chi connectivity index (χ2n) is 7.83. The molecule has 0 unspecified atom stereocenters. The fourth-order valence-electron chi connectivity index (χ4n) is 2.10. The van der Waals surface area contributed by atoms with Crippen molar-refractivity contribution >= 4 is 8.32 Å². The summed E-state index contributed by atoms with van der Waals surface area (Å²) < 4.78 is 6.15. The molecule has 0 rings (SSSR count). The van der Waals surface area contributed by atoms with E-state index in [2.05, 4.69) is 46.1 Å². The van der Waals surface area contributed by atoms with Gasteiger partial charge in [-0.3, -0.25) is 0 Å². The highest BCUT2D eigenvalue weighted by Gasteiger charge is 2.36. The molecule has 1 N–H and O–H groups in total. The van der Waals surface area contributed by atoms with Crippen molar-refractivity contribution in [2.24, 2.45) is 0 Å². The molecular weight excluding hydrogens is 274 g/mol. The van der Waals surface area contributed by atoms with Gasteiger partial charge in [0.1, 0.15) is 0 Å². The molecule has 0 aromatic heterocycles. The molecule has 0 amide bonds. The zero-order chi connectivity index (χ0) is 16.2. The lowest BCUT2D eigenvalue weighted by molar-refractivity contribution is 0.285. The van der Waals surface area contributed by atoms with Gasteiger partial charge in [0.2, 0.25) is 0 Å². The van der Waals surface area contributed by atoms with Gasteiger partial charge in [-0.1, -0.05) is 72.6 Å². The van der Waals surface area contributed by atoms with Gasteiger partial charge in [-0.15, -0.1) is 0 Å². The van der Waals surface area contributed by atoms with Crippen molar-refractivity contribution in [1.82, 2.24) is 5.32 Å². The summed E-state index contributed by atoms with van der Waals surface area (Å²) in [6.07, 6.45) is 11.1. The molecule has 21 heavy (non-hydrogen) atoms. The summed E-state index contributed by atoms with van der Waals surface area (Å²) in [6, 6.07) is 0. The summed E-state index contributed by atoms with van der Waals surface area (Å²) in [4.78, 5) is 0. The average Bonchev–Trinajstić information content (AvgIpc) is 2.38. The van der Waals surface area contributed by atoms with E-state index < -0.39 is 8.32 Å². The van der Waals surface area contributed by atoms with Crippen LogP contribution in [0.5, 0.6) is 0 Å². The van der Waals surface area contributed by atoms with Gasteiger partial charge in [0.25, 0.3) is 0 Å². The summed E-state index contributed by atoms with van der Waals surface area (Å²) in [5.74, 6) is 0. The van der Waals surface area contributed by atoms with Crippen LogP contribution in [-0.2, 0) is 4.43 Å². The second kappa shape index (κ2) is 11.7. The van der Waals surface area contributed by atoms with Gasteiger partial charge >= 0.3 is 0 Å². The van der Waals surface area contributed by atoms with Crippen molar-refractivity contribution in [1.29, 1.82) is 0 Å². The Kier molecular flexibility index (Phi) is 11.7. The van der Waals surface area contributed by atoms with Crippen LogP contribution < -0.4 is 5.32 Å². The molecule has 0 bridgehead atoms. The van der Waals surface area contributed by atoms with Crippen LogP contribution in [0.15, 0.2) is 0 Å². The SMILES string of the molecule is CCCCCCCCCCNCCO[Si](C)(C)C(C)(C)C. The highest BCUT2D eigenvalue weighted by atomic mass is 28.4. The van der Waals surface area contributed by atoms with E-state index >= 15 is 0 Å². The maximum Gasteiger partial charge on any atom is 0.192 e. The molecule has 0 aromatic rings. The van der Waals surface area contributed by atoms with E-state index in [0.29, 0.717) is 5.04 Å². The largest absolute Gasteiger partial charge is 0.416 e. The number of unbranched alkanes of at least 4 members (excludes halogenated alkanes) is 7. The maximum absolute atomic E-state index is 6.15. The molecule has 0 saturated carbocycles. The zero-order valence-corrected chi connectivity index (χ0v) is 16.7. The summed E-state index contributed by atoms with van der Waals surface area (Å²) >= 11 is 0. The summed E-state index contributed by atoms with van der Waals surface area (Å²) in [5.41, 5.74) is 0. The lowest BCUT2D eigenvalue weighted by Crippen LogP contribution is -2.42. The van der Waals surface area contributed by atoms with E-state index in [0.717, 1.165) is 19.7 Å². The zero-order valence-electron chi connectivity index (χ0n) is 15.7. The molecule has 3 heteroatoms. The van der Waals surface area contributed by atoms with Crippen LogP contribution in [0.25, 0.3) is 0 Å². The third-order valence-electron chi connectivity index (χ3n) is 4.76. The van der Waals surface area contributed by atoms with Crippen LogP contribution in [0, 0.1) is 0 Å². The standard InChI is InChI=1S/C18H41NOSi/c1-7-8-9-10-11-12-13-14-15-19-16-17-20-21(5,6)18(2,3)4/h19H,7-17H2,1-6H3. The molecule has 0 aliphatic carbocycles. The molecule has 0 aromatic carbocycles. The highest BCUT2D eigenvalue weighted by Crippen LogP contribution is 2.36. The number of hydrogen-bond donors (Lipinski definition) is 1. The molecule has 128 valence electrons. The van der Waals surface area contributed by atoms with Gasteiger partial charge in [-0.25, -0.2) is 0 Å². The van der Waals surface area contributed by atoms with Crippen molar-refractivity contribution in [2.75, 3.05) is 19.7 Å². The minimum absolute atomic E-state index is 0.324. The lowest BCUT2D eigenvalue weighted by atomic mass is 10.1. The van der Waals surface area contributed by atoms with E-state index in [-0.39, 0.29) is 0 Å². The van der Waals surface area contributed by atoms with Crippen LogP contribution in [-0.4, -0.2) is 28.0 Å². The summed E-state index contributed by atoms with van der Waals surface area (Å²) in [6.45, 7) is 16.8. The van der Waals surface area contributed by atoms with E-state index in [1.54, 1.807) is 0 Å². The van der Waals surface area contributed by atoms with Crippen LogP contribution in [0.3, 0.4) is 0 Å². The third-order valence-corrected chi connectivity index (χ3v) is 9.29. The molecule has 2 nitrogen and oxygen atoms in total. The Bertz CT molecular complexity index is 236. The summed E-state index contributed by atoms with van der Waals surface area (Å²) in [7, 11) is -1.54. The van der Waals surface area contributed by atoms with Crippen LogP contribution in [0.2, 0.25) is 18.1 Å². The molecular formula is C18H41NOSi. The van der Waals surface area contributed by atoms with Crippen molar-refractivity contribution in [3.63, 3.8) is 0 Å². The number of hydrogen-bond acceptors (Lipinski definition) is 2. The van der Waals surface area contributed by atoms with Gasteiger partial charge in [0.15, 0.2) is 8.32 Å². The first-order chi connectivity index (χ1) is 9.81. The summed E-state index contributed by atoms with van der Waals surface area (Å²) in [5, 5.41) is 3.84. The number of nitrogens with one attached hydrogen (secondary N) is 1. The molecule has 0 heterocycles. The van der Waals surface area contributed by atoms with Crippen LogP contribution in [0.4, 0.5) is 0 Å². The van der Waals surface area contributed by atoms with E-state index in [1.807, 2.05) is 0 Å². The molecule has 0 radical (unpaired) electrons. The lowest BCUT2D eigenvalue weighted by Gasteiger charge is -2.36. The molecule has 0 spiro atoms. The van der Waals surface area contributed by atoms with E-state index in [4.69, 9.17) is 4.43 Å². The minimum atomic E-state index is -1.54. The number of rotatable bonds is 13. The maximum atomic E-state index is 6.15. The predicted molar refractivity (Wildman–Crippen MR) is 98.6 cm³/mol. The molecule has 0 aliphatic heterocycles. The minimum Gasteiger partial charge on any atom is -0.416 e. The van der Waals surface area contributed by atoms with Gasteiger partial charge in [0, 0.05) is 13.2 Å². The molecule has 0 fully saturated rings. The molecule has 0 aliphatic rings. The van der Waals surface area contributed by atoms with Crippen molar-refractivity contribution in [3.05, 3.63) is 0 Å². The Hall–Kier alpha value is 0.137. The van der Waals surface area contributed by atoms with Crippen LogP contribution in [0.1, 0.15) is 79.1 Å². The normalized spacial score (nSPS) is 12.9. The Morgan fingerprint density at radius 2 is 1.33 bits per heavy atom. The molecule has 0 saturated heterocycles. The topological polar surface area (TPSA) is 21.3 Å². The highest BCUT2D eigenvalue weighted by molar-refractivity contribution is 6.74. The fraction of sp³-hybridized carbons (Fsp3) is 1.00. The monoisotopic (exact) mass is 315 g/mol. The van der Waals surface area contributed by atoms with Crippen molar-refractivity contribution in [2.45, 2.75) is 97.2 Å². The fourth-order valence-corrected chi connectivity index (χ4v) is 3.15. The van der Waals surface area contributed by atoms with Crippen molar-refractivity contribution < 1.29 is 4.43 Å². The van der Waals surface area contributed by atoms with E-state index in [1.165, 1.54) is 51.4 Å². The first-order valence-electron chi connectivity index (χ1n) is 9.16. The molecule has 0 atom stereocenters. The Morgan fingerprint density at radius 1 is 0.810 bits per heavy atom. The Morgan fingerprint density at radius 3 is 1.86 bits per heavy atom. The van der Waals surface area contributed by atoms with Crippen molar-refractivity contribution in [3.8, 4) is 0 Å². The van der Waals surface area contributed by atoms with E-state index in [9.17, 15) is 0 Å². The second-order valence-corrected chi connectivity index (χ2v) is 12.6. The van der Waals surface area contributed by atoms with Crippen LogP contribution >= 0.6 is 0 Å². The average molecular weight is 316 g/mol. The van der Waals surface area contributed by atoms with Gasteiger partial charge in [-0.05, 0) is 31.1 Å². The quantitative estimate of drug-likeness (QED) is 0.346. The first-order valence-corrected chi connectivity index (χ1v) is 12.1. The smallest absolute Gasteiger partial charge is 0.192 e. The Labute approximate surface area is 135 Å². The third kappa shape index (κ3) is 11.4.